The molecule has 0 aliphatic heterocycles. The highest BCUT2D eigenvalue weighted by Crippen LogP contribution is 2.28. The number of nitrogens with zero attached hydrogens (tertiary/aromatic N) is 1. The highest BCUT2D eigenvalue weighted by atomic mass is 32.2. The number of ether oxygens (including phenoxy) is 1. The van der Waals surface area contributed by atoms with E-state index in [2.05, 4.69) is 5.32 Å². The molecule has 0 aromatic heterocycles. The maximum atomic E-state index is 13.4. The third kappa shape index (κ3) is 5.55. The van der Waals surface area contributed by atoms with Gasteiger partial charge in [0.25, 0.3) is 0 Å². The van der Waals surface area contributed by atoms with Crippen LogP contribution < -0.4 is 10.1 Å². The number of amides is 1. The molecule has 27 heavy (non-hydrogen) atoms. The van der Waals surface area contributed by atoms with E-state index in [1.54, 1.807) is 18.2 Å². The largest absolute Gasteiger partial charge is 0.495 e. The summed E-state index contributed by atoms with van der Waals surface area (Å²) in [4.78, 5) is 12.4. The molecule has 0 radical (unpaired) electrons. The Balaban J connectivity index is 2.44. The Morgan fingerprint density at radius 2 is 1.81 bits per heavy atom. The summed E-state index contributed by atoms with van der Waals surface area (Å²) in [5.74, 6) is -0.0981. The summed E-state index contributed by atoms with van der Waals surface area (Å²) in [6, 6.07) is 14.1. The lowest BCUT2D eigenvalue weighted by Crippen LogP contribution is -2.42. The van der Waals surface area contributed by atoms with E-state index < -0.39 is 10.0 Å². The number of carbonyl (C=O) groups is 1. The van der Waals surface area contributed by atoms with Crippen molar-refractivity contribution in [2.45, 2.75) is 38.3 Å². The van der Waals surface area contributed by atoms with Gasteiger partial charge in [0.2, 0.25) is 15.9 Å². The monoisotopic (exact) mass is 390 g/mol. The zero-order valence-corrected chi connectivity index (χ0v) is 16.9. The van der Waals surface area contributed by atoms with Crippen molar-refractivity contribution in [1.29, 1.82) is 0 Å². The molecule has 1 N–H and O–H groups in total. The first-order valence-corrected chi connectivity index (χ1v) is 10.2. The molecule has 6 nitrogen and oxygen atoms in total. The Hall–Kier alpha value is -2.38. The molecule has 0 bridgehead atoms. The van der Waals surface area contributed by atoms with E-state index in [9.17, 15) is 13.2 Å². The summed E-state index contributed by atoms with van der Waals surface area (Å²) in [6.07, 6.45) is 0. The number of rotatable bonds is 8. The van der Waals surface area contributed by atoms with Gasteiger partial charge in [0.15, 0.2) is 0 Å². The molecule has 2 aromatic carbocycles. The molecule has 2 aromatic rings. The molecule has 7 heteroatoms. The van der Waals surface area contributed by atoms with E-state index in [-0.39, 0.29) is 35.7 Å². The molecule has 0 atom stereocenters. The fourth-order valence-corrected chi connectivity index (χ4v) is 4.29. The third-order valence-electron chi connectivity index (χ3n) is 3.91. The topological polar surface area (TPSA) is 75.7 Å². The number of hydrogen-bond donors (Lipinski definition) is 1. The summed E-state index contributed by atoms with van der Waals surface area (Å²) in [7, 11) is -2.52. The molecular weight excluding hydrogens is 364 g/mol. The minimum Gasteiger partial charge on any atom is -0.495 e. The normalized spacial score (nSPS) is 11.6. The first-order valence-electron chi connectivity index (χ1n) is 8.72. The van der Waals surface area contributed by atoms with Crippen molar-refractivity contribution < 1.29 is 17.9 Å². The van der Waals surface area contributed by atoms with E-state index >= 15 is 0 Å². The average molecular weight is 391 g/mol. The molecule has 1 amide bonds. The van der Waals surface area contributed by atoms with E-state index in [0.29, 0.717) is 0 Å². The van der Waals surface area contributed by atoms with Gasteiger partial charge >= 0.3 is 0 Å². The van der Waals surface area contributed by atoms with E-state index in [1.165, 1.54) is 11.4 Å². The predicted molar refractivity (Wildman–Crippen MR) is 105 cm³/mol. The number of sulfonamides is 1. The van der Waals surface area contributed by atoms with Crippen LogP contribution in [-0.2, 0) is 21.4 Å². The Morgan fingerprint density at radius 3 is 2.41 bits per heavy atom. The number of benzene rings is 2. The Bertz CT molecular complexity index is 880. The van der Waals surface area contributed by atoms with Gasteiger partial charge in [0.1, 0.15) is 10.6 Å². The van der Waals surface area contributed by atoms with Crippen molar-refractivity contribution in [3.8, 4) is 5.75 Å². The number of aryl methyl sites for hydroxylation is 1. The Kier molecular flexibility index (Phi) is 6.98. The first-order chi connectivity index (χ1) is 12.7. The molecule has 0 heterocycles. The predicted octanol–water partition coefficient (Wildman–Crippen LogP) is 2.72. The number of hydrogen-bond acceptors (Lipinski definition) is 4. The Morgan fingerprint density at radius 1 is 1.15 bits per heavy atom. The summed E-state index contributed by atoms with van der Waals surface area (Å²) in [5, 5.41) is 2.75. The minimum atomic E-state index is -3.95. The van der Waals surface area contributed by atoms with Gasteiger partial charge in [0, 0.05) is 12.6 Å². The van der Waals surface area contributed by atoms with Crippen LogP contribution >= 0.6 is 0 Å². The zero-order chi connectivity index (χ0) is 20.0. The van der Waals surface area contributed by atoms with Crippen LogP contribution in [0.5, 0.6) is 5.75 Å². The van der Waals surface area contributed by atoms with Gasteiger partial charge < -0.3 is 10.1 Å². The second-order valence-corrected chi connectivity index (χ2v) is 8.54. The summed E-state index contributed by atoms with van der Waals surface area (Å²) >= 11 is 0. The van der Waals surface area contributed by atoms with Crippen molar-refractivity contribution in [3.63, 3.8) is 0 Å². The maximum absolute atomic E-state index is 13.4. The van der Waals surface area contributed by atoms with Crippen molar-refractivity contribution >= 4 is 15.9 Å². The van der Waals surface area contributed by atoms with Crippen molar-refractivity contribution in [1.82, 2.24) is 9.62 Å². The Labute approximate surface area is 161 Å². The molecule has 146 valence electrons. The molecule has 0 saturated heterocycles. The standard InChI is InChI=1S/C20H26N2O4S/c1-15(2)21-20(23)14-22(13-17-8-6-5-7-9-17)27(24,25)19-12-16(3)10-11-18(19)26-4/h5-12,15H,13-14H2,1-4H3,(H,21,23). The number of nitrogens with one attached hydrogen (secondary N) is 1. The van der Waals surface area contributed by atoms with Crippen LogP contribution in [-0.4, -0.2) is 38.3 Å². The lowest BCUT2D eigenvalue weighted by molar-refractivity contribution is -0.121. The van der Waals surface area contributed by atoms with Crippen LogP contribution in [0.15, 0.2) is 53.4 Å². The quantitative estimate of drug-likeness (QED) is 0.752. The molecule has 0 saturated carbocycles. The van der Waals surface area contributed by atoms with Gasteiger partial charge in [-0.05, 0) is 44.0 Å². The summed E-state index contributed by atoms with van der Waals surface area (Å²) < 4.78 is 33.1. The van der Waals surface area contributed by atoms with Gasteiger partial charge in [0.05, 0.1) is 13.7 Å². The van der Waals surface area contributed by atoms with Crippen LogP contribution in [0.3, 0.4) is 0 Å². The molecule has 0 aliphatic rings. The molecular formula is C20H26N2O4S. The zero-order valence-electron chi connectivity index (χ0n) is 16.1. The SMILES string of the molecule is COc1ccc(C)cc1S(=O)(=O)N(CC(=O)NC(C)C)Cc1ccccc1. The van der Waals surface area contributed by atoms with Crippen molar-refractivity contribution in [3.05, 3.63) is 59.7 Å². The lowest BCUT2D eigenvalue weighted by atomic mass is 10.2. The third-order valence-corrected chi connectivity index (χ3v) is 5.72. The minimum absolute atomic E-state index is 0.0540. The van der Waals surface area contributed by atoms with E-state index in [1.807, 2.05) is 51.1 Å². The summed E-state index contributed by atoms with van der Waals surface area (Å²) in [5.41, 5.74) is 1.59. The second-order valence-electron chi connectivity index (χ2n) is 6.64. The number of methoxy groups -OCH3 is 1. The van der Waals surface area contributed by atoms with Crippen LogP contribution in [0.4, 0.5) is 0 Å². The van der Waals surface area contributed by atoms with Crippen LogP contribution in [0.25, 0.3) is 0 Å². The smallest absolute Gasteiger partial charge is 0.247 e. The van der Waals surface area contributed by atoms with Gasteiger partial charge in [-0.2, -0.15) is 4.31 Å². The molecule has 0 fully saturated rings. The van der Waals surface area contributed by atoms with Crippen LogP contribution in [0.2, 0.25) is 0 Å². The van der Waals surface area contributed by atoms with E-state index in [0.717, 1.165) is 11.1 Å². The fourth-order valence-electron chi connectivity index (χ4n) is 2.67. The van der Waals surface area contributed by atoms with Crippen molar-refractivity contribution in [2.75, 3.05) is 13.7 Å². The first kappa shape index (κ1) is 20.9. The lowest BCUT2D eigenvalue weighted by Gasteiger charge is -2.23. The average Bonchev–Trinajstić information content (AvgIpc) is 2.61. The van der Waals surface area contributed by atoms with Crippen LogP contribution in [0.1, 0.15) is 25.0 Å². The number of carbonyl (C=O) groups excluding carboxylic acids is 1. The maximum Gasteiger partial charge on any atom is 0.247 e. The fraction of sp³-hybridized carbons (Fsp3) is 0.350. The molecule has 0 aliphatic carbocycles. The van der Waals surface area contributed by atoms with Gasteiger partial charge in [-0.25, -0.2) is 8.42 Å². The summed E-state index contributed by atoms with van der Waals surface area (Å²) in [6.45, 7) is 5.29. The molecule has 2 rings (SSSR count). The highest BCUT2D eigenvalue weighted by molar-refractivity contribution is 7.89. The van der Waals surface area contributed by atoms with Crippen molar-refractivity contribution in [2.24, 2.45) is 0 Å². The molecule has 0 spiro atoms. The van der Waals surface area contributed by atoms with E-state index in [4.69, 9.17) is 4.74 Å². The van der Waals surface area contributed by atoms with Gasteiger partial charge in [-0.3, -0.25) is 4.79 Å². The molecule has 0 unspecified atom stereocenters. The second kappa shape index (κ2) is 9.01. The highest BCUT2D eigenvalue weighted by Gasteiger charge is 2.30. The van der Waals surface area contributed by atoms with Crippen LogP contribution in [0, 0.1) is 6.92 Å². The van der Waals surface area contributed by atoms with Gasteiger partial charge in [-0.15, -0.1) is 0 Å². The van der Waals surface area contributed by atoms with Gasteiger partial charge in [-0.1, -0.05) is 36.4 Å².